The van der Waals surface area contributed by atoms with Gasteiger partial charge in [0.2, 0.25) is 5.09 Å². The number of hydrogen-bond acceptors (Lipinski definition) is 4. The second-order valence-corrected chi connectivity index (χ2v) is 6.94. The lowest BCUT2D eigenvalue weighted by atomic mass is 10.1. The summed E-state index contributed by atoms with van der Waals surface area (Å²) in [6, 6.07) is 3.81. The highest BCUT2D eigenvalue weighted by atomic mass is 32.2. The van der Waals surface area contributed by atoms with Crippen molar-refractivity contribution in [2.45, 2.75) is 50.8 Å². The van der Waals surface area contributed by atoms with Gasteiger partial charge in [0.05, 0.1) is 6.54 Å². The van der Waals surface area contributed by atoms with Crippen molar-refractivity contribution in [1.82, 2.24) is 10.0 Å². The van der Waals surface area contributed by atoms with E-state index in [0.717, 1.165) is 6.42 Å². The first-order valence-electron chi connectivity index (χ1n) is 6.83. The summed E-state index contributed by atoms with van der Waals surface area (Å²) in [5.41, 5.74) is 0. The Morgan fingerprint density at radius 2 is 2.16 bits per heavy atom. The Hall–Kier alpha value is -0.850. The third kappa shape index (κ3) is 4.33. The van der Waals surface area contributed by atoms with E-state index in [4.69, 9.17) is 4.42 Å². The van der Waals surface area contributed by atoms with E-state index < -0.39 is 10.0 Å². The maximum atomic E-state index is 12.0. The first kappa shape index (κ1) is 14.6. The fraction of sp³-hybridized carbons (Fsp3) is 0.692. The predicted molar refractivity (Wildman–Crippen MR) is 73.2 cm³/mol. The number of nitrogens with one attached hydrogen (secondary N) is 2. The van der Waals surface area contributed by atoms with Crippen LogP contribution in [0.3, 0.4) is 0 Å². The molecule has 0 spiro atoms. The second-order valence-electron chi connectivity index (χ2n) is 5.24. The molecule has 1 fully saturated rings. The zero-order valence-electron chi connectivity index (χ0n) is 11.5. The summed E-state index contributed by atoms with van der Waals surface area (Å²) in [6.45, 7) is 5.07. The van der Waals surface area contributed by atoms with E-state index in [2.05, 4.69) is 10.0 Å². The third-order valence-corrected chi connectivity index (χ3v) is 4.66. The number of furan rings is 1. The first-order chi connectivity index (χ1) is 9.01. The fourth-order valence-electron chi connectivity index (χ4n) is 1.60. The Labute approximate surface area is 114 Å². The summed E-state index contributed by atoms with van der Waals surface area (Å²) in [4.78, 5) is 0. The summed E-state index contributed by atoms with van der Waals surface area (Å²) in [7, 11) is -3.51. The highest BCUT2D eigenvalue weighted by molar-refractivity contribution is 7.89. The molecule has 1 heterocycles. The van der Waals surface area contributed by atoms with E-state index in [9.17, 15) is 8.42 Å². The van der Waals surface area contributed by atoms with Crippen LogP contribution in [0.4, 0.5) is 0 Å². The first-order valence-corrected chi connectivity index (χ1v) is 8.31. The van der Waals surface area contributed by atoms with Gasteiger partial charge < -0.3 is 9.73 Å². The molecular weight excluding hydrogens is 264 g/mol. The van der Waals surface area contributed by atoms with Crippen LogP contribution in [-0.4, -0.2) is 21.0 Å². The lowest BCUT2D eigenvalue weighted by Crippen LogP contribution is -2.28. The highest BCUT2D eigenvalue weighted by Gasteiger charge is 2.22. The maximum Gasteiger partial charge on any atom is 0.273 e. The van der Waals surface area contributed by atoms with Crippen LogP contribution < -0.4 is 10.0 Å². The summed E-state index contributed by atoms with van der Waals surface area (Å²) in [5.74, 6) is 0.983. The molecule has 1 unspecified atom stereocenters. The van der Waals surface area contributed by atoms with Crippen molar-refractivity contribution in [2.24, 2.45) is 5.92 Å². The number of rotatable bonds is 8. The minimum atomic E-state index is -3.51. The molecule has 0 saturated heterocycles. The minimum Gasteiger partial charge on any atom is -0.447 e. The summed E-state index contributed by atoms with van der Waals surface area (Å²) in [5, 5.41) is 3.29. The van der Waals surface area contributed by atoms with Crippen LogP contribution in [-0.2, 0) is 16.6 Å². The smallest absolute Gasteiger partial charge is 0.273 e. The molecule has 2 N–H and O–H groups in total. The van der Waals surface area contributed by atoms with Gasteiger partial charge in [0.15, 0.2) is 0 Å². The molecule has 0 aliphatic heterocycles. The molecule has 1 aliphatic rings. The quantitative estimate of drug-likeness (QED) is 0.765. The van der Waals surface area contributed by atoms with E-state index in [1.165, 1.54) is 18.9 Å². The molecule has 19 heavy (non-hydrogen) atoms. The van der Waals surface area contributed by atoms with Gasteiger partial charge in [0, 0.05) is 12.6 Å². The van der Waals surface area contributed by atoms with Crippen molar-refractivity contribution in [1.29, 1.82) is 0 Å². The Morgan fingerprint density at radius 3 is 2.79 bits per heavy atom. The van der Waals surface area contributed by atoms with Gasteiger partial charge in [-0.2, -0.15) is 0 Å². The van der Waals surface area contributed by atoms with E-state index in [-0.39, 0.29) is 5.09 Å². The van der Waals surface area contributed by atoms with E-state index >= 15 is 0 Å². The molecule has 1 aromatic rings. The van der Waals surface area contributed by atoms with Crippen LogP contribution in [0.5, 0.6) is 0 Å². The van der Waals surface area contributed by atoms with Gasteiger partial charge in [0.1, 0.15) is 5.76 Å². The molecule has 5 nitrogen and oxygen atoms in total. The largest absolute Gasteiger partial charge is 0.447 e. The SMILES string of the molecule is CCC(C)CNS(=O)(=O)c1ccc(CNC2CC2)o1. The Kier molecular flexibility index (Phi) is 4.65. The standard InChI is InChI=1S/C13H22N2O3S/c1-3-10(2)8-15-19(16,17)13-7-6-12(18-13)9-14-11-4-5-11/h6-7,10-11,14-15H,3-5,8-9H2,1-2H3. The number of sulfonamides is 1. The minimum absolute atomic E-state index is 0.00315. The molecule has 1 aromatic heterocycles. The van der Waals surface area contributed by atoms with Crippen molar-refractivity contribution in [3.05, 3.63) is 17.9 Å². The molecule has 1 atom stereocenters. The van der Waals surface area contributed by atoms with Gasteiger partial charge in [-0.05, 0) is 30.9 Å². The van der Waals surface area contributed by atoms with E-state index in [0.29, 0.717) is 30.8 Å². The maximum absolute atomic E-state index is 12.0. The molecule has 0 bridgehead atoms. The average molecular weight is 286 g/mol. The lowest BCUT2D eigenvalue weighted by Gasteiger charge is -2.09. The average Bonchev–Trinajstić information content (AvgIpc) is 3.09. The molecular formula is C13H22N2O3S. The molecule has 108 valence electrons. The van der Waals surface area contributed by atoms with Crippen molar-refractivity contribution in [2.75, 3.05) is 6.54 Å². The Morgan fingerprint density at radius 1 is 1.42 bits per heavy atom. The van der Waals surface area contributed by atoms with Gasteiger partial charge in [-0.3, -0.25) is 0 Å². The van der Waals surface area contributed by atoms with Crippen LogP contribution in [0.25, 0.3) is 0 Å². The van der Waals surface area contributed by atoms with E-state index in [1.807, 2.05) is 13.8 Å². The molecule has 0 amide bonds. The lowest BCUT2D eigenvalue weighted by molar-refractivity contribution is 0.397. The van der Waals surface area contributed by atoms with E-state index in [1.54, 1.807) is 6.07 Å². The van der Waals surface area contributed by atoms with Gasteiger partial charge in [-0.1, -0.05) is 20.3 Å². The van der Waals surface area contributed by atoms with Crippen LogP contribution >= 0.6 is 0 Å². The summed E-state index contributed by atoms with van der Waals surface area (Å²) < 4.78 is 31.9. The predicted octanol–water partition coefficient (Wildman–Crippen LogP) is 1.86. The topological polar surface area (TPSA) is 71.3 Å². The Balaban J connectivity index is 1.91. The molecule has 1 saturated carbocycles. The normalized spacial score (nSPS) is 17.6. The van der Waals surface area contributed by atoms with Crippen molar-refractivity contribution >= 4 is 10.0 Å². The molecule has 0 aromatic carbocycles. The molecule has 6 heteroatoms. The van der Waals surface area contributed by atoms with Crippen molar-refractivity contribution in [3.8, 4) is 0 Å². The van der Waals surface area contributed by atoms with Gasteiger partial charge in [0.25, 0.3) is 10.0 Å². The highest BCUT2D eigenvalue weighted by Crippen LogP contribution is 2.20. The van der Waals surface area contributed by atoms with Crippen LogP contribution in [0, 0.1) is 5.92 Å². The van der Waals surface area contributed by atoms with Gasteiger partial charge in [-0.25, -0.2) is 13.1 Å². The second kappa shape index (κ2) is 6.07. The van der Waals surface area contributed by atoms with Crippen LogP contribution in [0.2, 0.25) is 0 Å². The van der Waals surface area contributed by atoms with Gasteiger partial charge in [-0.15, -0.1) is 0 Å². The molecule has 0 radical (unpaired) electrons. The third-order valence-electron chi connectivity index (χ3n) is 3.36. The zero-order valence-corrected chi connectivity index (χ0v) is 12.3. The fourth-order valence-corrected chi connectivity index (χ4v) is 2.71. The van der Waals surface area contributed by atoms with Crippen molar-refractivity contribution in [3.63, 3.8) is 0 Å². The van der Waals surface area contributed by atoms with Gasteiger partial charge >= 0.3 is 0 Å². The zero-order chi connectivity index (χ0) is 13.9. The number of hydrogen-bond donors (Lipinski definition) is 2. The monoisotopic (exact) mass is 286 g/mol. The molecule has 1 aliphatic carbocycles. The summed E-state index contributed by atoms with van der Waals surface area (Å²) >= 11 is 0. The van der Waals surface area contributed by atoms with Crippen LogP contribution in [0.15, 0.2) is 21.6 Å². The van der Waals surface area contributed by atoms with Crippen LogP contribution in [0.1, 0.15) is 38.9 Å². The van der Waals surface area contributed by atoms with Crippen molar-refractivity contribution < 1.29 is 12.8 Å². The Bertz CT molecular complexity index is 506. The summed E-state index contributed by atoms with van der Waals surface area (Å²) in [6.07, 6.45) is 3.34. The molecule has 2 rings (SSSR count).